The van der Waals surface area contributed by atoms with Crippen LogP contribution in [0.4, 0.5) is 4.79 Å². The molecule has 0 saturated carbocycles. The summed E-state index contributed by atoms with van der Waals surface area (Å²) in [5, 5.41) is 26.6. The van der Waals surface area contributed by atoms with Crippen molar-refractivity contribution in [1.29, 1.82) is 0 Å². The van der Waals surface area contributed by atoms with E-state index in [9.17, 15) is 19.5 Å². The Bertz CT molecular complexity index is 652. The van der Waals surface area contributed by atoms with Crippen molar-refractivity contribution >= 4 is 29.5 Å². The van der Waals surface area contributed by atoms with E-state index in [0.717, 1.165) is 5.56 Å². The molecule has 9 heteroatoms. The smallest absolute Gasteiger partial charge is 0.405 e. The number of hydrogen-bond donors (Lipinski definition) is 5. The number of aliphatic hydroxyl groups excluding tert-OH is 1. The van der Waals surface area contributed by atoms with E-state index < -0.39 is 24.1 Å². The zero-order valence-electron chi connectivity index (χ0n) is 14.1. The van der Waals surface area contributed by atoms with Gasteiger partial charge in [-0.25, -0.2) is 4.79 Å². The van der Waals surface area contributed by atoms with Crippen molar-refractivity contribution in [2.75, 3.05) is 13.2 Å². The first-order valence-electron chi connectivity index (χ1n) is 8.32. The summed E-state index contributed by atoms with van der Waals surface area (Å²) in [5.74, 6) is -0.923. The summed E-state index contributed by atoms with van der Waals surface area (Å²) in [6, 6.07) is 5.07. The van der Waals surface area contributed by atoms with Gasteiger partial charge in [-0.05, 0) is 30.5 Å². The number of carbonyl (C=O) groups excluding carboxylic acids is 2. The SMILES string of the molecule is O=C(O)N[C@@H](Cc1ccc(Cl)cc1)C(=O)N[C@H](CO)C[C@@H]1CCNC1=O. The third-order valence-corrected chi connectivity index (χ3v) is 4.52. The number of rotatable bonds is 8. The van der Waals surface area contributed by atoms with E-state index in [-0.39, 0.29) is 24.9 Å². The highest BCUT2D eigenvalue weighted by atomic mass is 35.5. The molecule has 1 aromatic carbocycles. The molecule has 1 aliphatic heterocycles. The van der Waals surface area contributed by atoms with Crippen LogP contribution in [0.25, 0.3) is 0 Å². The highest BCUT2D eigenvalue weighted by Gasteiger charge is 2.29. The van der Waals surface area contributed by atoms with Gasteiger partial charge < -0.3 is 26.2 Å². The molecule has 1 aromatic rings. The summed E-state index contributed by atoms with van der Waals surface area (Å²) in [6.07, 6.45) is -0.242. The Morgan fingerprint density at radius 3 is 2.50 bits per heavy atom. The van der Waals surface area contributed by atoms with Crippen molar-refractivity contribution in [2.24, 2.45) is 5.92 Å². The van der Waals surface area contributed by atoms with Gasteiger partial charge in [0, 0.05) is 23.9 Å². The molecule has 1 fully saturated rings. The first-order valence-corrected chi connectivity index (χ1v) is 8.69. The number of aliphatic hydroxyl groups is 1. The first kappa shape index (κ1) is 20.0. The minimum Gasteiger partial charge on any atom is -0.465 e. The molecule has 142 valence electrons. The van der Waals surface area contributed by atoms with Crippen LogP contribution in [0.3, 0.4) is 0 Å². The van der Waals surface area contributed by atoms with Crippen molar-refractivity contribution in [3.05, 3.63) is 34.9 Å². The Hall–Kier alpha value is -2.32. The number of nitrogens with one attached hydrogen (secondary N) is 3. The molecule has 0 aromatic heterocycles. The highest BCUT2D eigenvalue weighted by Crippen LogP contribution is 2.16. The van der Waals surface area contributed by atoms with E-state index in [1.807, 2.05) is 0 Å². The van der Waals surface area contributed by atoms with Gasteiger partial charge in [-0.1, -0.05) is 23.7 Å². The molecule has 8 nitrogen and oxygen atoms in total. The Kier molecular flexibility index (Phi) is 7.23. The summed E-state index contributed by atoms with van der Waals surface area (Å²) >= 11 is 5.83. The quantitative estimate of drug-likeness (QED) is 0.447. The molecular formula is C17H22ClN3O5. The second-order valence-corrected chi connectivity index (χ2v) is 6.67. The summed E-state index contributed by atoms with van der Waals surface area (Å²) in [7, 11) is 0. The molecule has 0 radical (unpaired) electrons. The van der Waals surface area contributed by atoms with Crippen LogP contribution in [0.2, 0.25) is 5.02 Å². The van der Waals surface area contributed by atoms with Crippen LogP contribution in [0.5, 0.6) is 0 Å². The van der Waals surface area contributed by atoms with Gasteiger partial charge in [-0.3, -0.25) is 9.59 Å². The van der Waals surface area contributed by atoms with E-state index in [0.29, 0.717) is 24.4 Å². The molecule has 26 heavy (non-hydrogen) atoms. The molecule has 0 bridgehead atoms. The molecule has 0 spiro atoms. The van der Waals surface area contributed by atoms with Crippen molar-refractivity contribution in [1.82, 2.24) is 16.0 Å². The molecule has 1 aliphatic rings. The van der Waals surface area contributed by atoms with Gasteiger partial charge >= 0.3 is 6.09 Å². The van der Waals surface area contributed by atoms with Crippen molar-refractivity contribution < 1.29 is 24.6 Å². The molecule has 1 heterocycles. The third kappa shape index (κ3) is 5.89. The fourth-order valence-corrected chi connectivity index (χ4v) is 3.03. The summed E-state index contributed by atoms with van der Waals surface area (Å²) in [4.78, 5) is 35.2. The molecule has 0 aliphatic carbocycles. The van der Waals surface area contributed by atoms with Crippen molar-refractivity contribution in [3.63, 3.8) is 0 Å². The number of benzene rings is 1. The van der Waals surface area contributed by atoms with Gasteiger partial charge in [-0.15, -0.1) is 0 Å². The van der Waals surface area contributed by atoms with E-state index >= 15 is 0 Å². The normalized spacial score (nSPS) is 18.7. The Morgan fingerprint density at radius 1 is 1.27 bits per heavy atom. The second-order valence-electron chi connectivity index (χ2n) is 6.23. The van der Waals surface area contributed by atoms with Crippen molar-refractivity contribution in [2.45, 2.75) is 31.3 Å². The standard InChI is InChI=1S/C17H22ClN3O5/c18-12-3-1-10(2-4-12)7-14(21-17(25)26)16(24)20-13(9-22)8-11-5-6-19-15(11)23/h1-4,11,13-14,21-22H,5-9H2,(H,19,23)(H,20,24)(H,25,26)/t11-,13-,14-/m0/s1. The highest BCUT2D eigenvalue weighted by molar-refractivity contribution is 6.30. The molecular weight excluding hydrogens is 362 g/mol. The second kappa shape index (κ2) is 9.40. The zero-order valence-corrected chi connectivity index (χ0v) is 14.8. The van der Waals surface area contributed by atoms with E-state index in [1.165, 1.54) is 0 Å². The molecule has 0 unspecified atom stereocenters. The maximum Gasteiger partial charge on any atom is 0.405 e. The predicted molar refractivity (Wildman–Crippen MR) is 94.9 cm³/mol. The van der Waals surface area contributed by atoms with Crippen LogP contribution in [0.1, 0.15) is 18.4 Å². The number of amides is 3. The average molecular weight is 384 g/mol. The number of hydrogen-bond acceptors (Lipinski definition) is 4. The van der Waals surface area contributed by atoms with E-state index in [2.05, 4.69) is 16.0 Å². The van der Waals surface area contributed by atoms with Gasteiger partial charge in [-0.2, -0.15) is 0 Å². The van der Waals surface area contributed by atoms with Crippen LogP contribution in [0.15, 0.2) is 24.3 Å². The average Bonchev–Trinajstić information content (AvgIpc) is 3.00. The summed E-state index contributed by atoms with van der Waals surface area (Å²) < 4.78 is 0. The van der Waals surface area contributed by atoms with Crippen LogP contribution in [-0.4, -0.2) is 53.4 Å². The van der Waals surface area contributed by atoms with E-state index in [4.69, 9.17) is 16.7 Å². The lowest BCUT2D eigenvalue weighted by Gasteiger charge is -2.23. The lowest BCUT2D eigenvalue weighted by molar-refractivity contribution is -0.126. The first-order chi connectivity index (χ1) is 12.4. The van der Waals surface area contributed by atoms with Gasteiger partial charge in [0.2, 0.25) is 11.8 Å². The molecule has 5 N–H and O–H groups in total. The summed E-state index contributed by atoms with van der Waals surface area (Å²) in [5.41, 5.74) is 0.735. The Labute approximate surface area is 155 Å². The third-order valence-electron chi connectivity index (χ3n) is 4.27. The lowest BCUT2D eigenvalue weighted by Crippen LogP contribution is -2.51. The molecule has 3 atom stereocenters. The fraction of sp³-hybridized carbons (Fsp3) is 0.471. The Morgan fingerprint density at radius 2 is 1.96 bits per heavy atom. The van der Waals surface area contributed by atoms with Crippen LogP contribution in [0, 0.1) is 5.92 Å². The maximum absolute atomic E-state index is 12.5. The molecule has 1 saturated heterocycles. The van der Waals surface area contributed by atoms with Crippen LogP contribution < -0.4 is 16.0 Å². The number of carboxylic acid groups (broad SMARTS) is 1. The van der Waals surface area contributed by atoms with Gasteiger partial charge in [0.25, 0.3) is 0 Å². The largest absolute Gasteiger partial charge is 0.465 e. The minimum atomic E-state index is -1.32. The minimum absolute atomic E-state index is 0.0981. The van der Waals surface area contributed by atoms with Crippen LogP contribution >= 0.6 is 11.6 Å². The Balaban J connectivity index is 2.00. The number of carbonyl (C=O) groups is 3. The summed E-state index contributed by atoms with van der Waals surface area (Å²) in [6.45, 7) is 0.242. The van der Waals surface area contributed by atoms with Crippen LogP contribution in [-0.2, 0) is 16.0 Å². The van der Waals surface area contributed by atoms with Gasteiger partial charge in [0.1, 0.15) is 6.04 Å². The van der Waals surface area contributed by atoms with Gasteiger partial charge in [0.05, 0.1) is 12.6 Å². The molecule has 3 amide bonds. The monoisotopic (exact) mass is 383 g/mol. The fourth-order valence-electron chi connectivity index (χ4n) is 2.91. The zero-order chi connectivity index (χ0) is 19.1. The van der Waals surface area contributed by atoms with Crippen molar-refractivity contribution in [3.8, 4) is 0 Å². The predicted octanol–water partition coefficient (Wildman–Crippen LogP) is 0.522. The lowest BCUT2D eigenvalue weighted by atomic mass is 9.98. The molecule has 2 rings (SSSR count). The topological polar surface area (TPSA) is 128 Å². The number of halogens is 1. The van der Waals surface area contributed by atoms with E-state index in [1.54, 1.807) is 24.3 Å². The van der Waals surface area contributed by atoms with Gasteiger partial charge in [0.15, 0.2) is 0 Å². The maximum atomic E-state index is 12.5.